The van der Waals surface area contributed by atoms with Gasteiger partial charge in [0.2, 0.25) is 10.0 Å². The minimum Gasteiger partial charge on any atom is -0.493 e. The molecular weight excluding hydrogens is 382 g/mol. The first kappa shape index (κ1) is 20.1. The third kappa shape index (κ3) is 5.44. The van der Waals surface area contributed by atoms with E-state index in [1.807, 2.05) is 38.2 Å². The molecule has 1 aliphatic rings. The van der Waals surface area contributed by atoms with Crippen molar-refractivity contribution < 1.29 is 13.2 Å². The van der Waals surface area contributed by atoms with Gasteiger partial charge in [0.1, 0.15) is 10.6 Å². The van der Waals surface area contributed by atoms with Crippen LogP contribution in [-0.2, 0) is 10.0 Å². The molecule has 0 saturated carbocycles. The molecule has 1 aromatic heterocycles. The lowest BCUT2D eigenvalue weighted by molar-refractivity contribution is 0.222. The molecule has 6 nitrogen and oxygen atoms in total. The minimum atomic E-state index is -3.46. The Hall–Kier alpha value is -1.61. The molecule has 8 heteroatoms. The van der Waals surface area contributed by atoms with Gasteiger partial charge in [-0.2, -0.15) is 4.31 Å². The van der Waals surface area contributed by atoms with Gasteiger partial charge in [-0.1, -0.05) is 17.7 Å². The molecule has 0 spiro atoms. The number of sulfonamides is 1. The summed E-state index contributed by atoms with van der Waals surface area (Å²) in [6.45, 7) is 5.15. The predicted molar refractivity (Wildman–Crippen MR) is 108 cm³/mol. The van der Waals surface area contributed by atoms with E-state index >= 15 is 0 Å². The van der Waals surface area contributed by atoms with Gasteiger partial charge in [0, 0.05) is 38.1 Å². The second-order valence-electron chi connectivity index (χ2n) is 6.55. The number of aromatic nitrogens is 1. The van der Waals surface area contributed by atoms with Crippen LogP contribution in [0.2, 0.25) is 0 Å². The van der Waals surface area contributed by atoms with Crippen molar-refractivity contribution in [3.8, 4) is 5.75 Å². The third-order valence-corrected chi connectivity index (χ3v) is 7.22. The number of rotatable bonds is 7. The molecule has 0 amide bonds. The topological polar surface area (TPSA) is 62.7 Å². The predicted octanol–water partition coefficient (Wildman–Crippen LogP) is 2.50. The maximum Gasteiger partial charge on any atom is 0.244 e. The first-order valence-electron chi connectivity index (χ1n) is 8.92. The first-order valence-corrected chi connectivity index (χ1v) is 11.3. The van der Waals surface area contributed by atoms with Gasteiger partial charge in [0.25, 0.3) is 0 Å². The summed E-state index contributed by atoms with van der Waals surface area (Å²) in [6.07, 6.45) is 1.46. The van der Waals surface area contributed by atoms with Gasteiger partial charge in [-0.15, -0.1) is 11.8 Å². The quantitative estimate of drug-likeness (QED) is 0.519. The molecule has 2 heterocycles. The van der Waals surface area contributed by atoms with Crippen LogP contribution in [0.25, 0.3) is 0 Å². The van der Waals surface area contributed by atoms with Crippen molar-refractivity contribution in [1.82, 2.24) is 14.2 Å². The van der Waals surface area contributed by atoms with Crippen molar-refractivity contribution in [2.75, 3.05) is 45.6 Å². The van der Waals surface area contributed by atoms with E-state index in [2.05, 4.69) is 9.88 Å². The van der Waals surface area contributed by atoms with Crippen LogP contribution in [0, 0.1) is 6.92 Å². The van der Waals surface area contributed by atoms with E-state index in [1.54, 1.807) is 23.9 Å². The van der Waals surface area contributed by atoms with E-state index in [0.717, 1.165) is 29.6 Å². The van der Waals surface area contributed by atoms with Gasteiger partial charge in [-0.25, -0.2) is 13.4 Å². The van der Waals surface area contributed by atoms with E-state index in [1.165, 1.54) is 16.1 Å². The maximum absolute atomic E-state index is 12.7. The van der Waals surface area contributed by atoms with Crippen molar-refractivity contribution in [3.63, 3.8) is 0 Å². The largest absolute Gasteiger partial charge is 0.493 e. The number of ether oxygens (including phenoxy) is 1. The Morgan fingerprint density at radius 3 is 2.41 bits per heavy atom. The highest BCUT2D eigenvalue weighted by Gasteiger charge is 2.27. The zero-order valence-electron chi connectivity index (χ0n) is 15.7. The van der Waals surface area contributed by atoms with Gasteiger partial charge in [0.05, 0.1) is 11.6 Å². The lowest BCUT2D eigenvalue weighted by atomic mass is 10.2. The summed E-state index contributed by atoms with van der Waals surface area (Å²) in [6, 6.07) is 11.4. The molecule has 0 atom stereocenters. The Balaban J connectivity index is 1.50. The third-order valence-electron chi connectivity index (χ3n) is 4.43. The van der Waals surface area contributed by atoms with Gasteiger partial charge >= 0.3 is 0 Å². The molecule has 1 fully saturated rings. The summed E-state index contributed by atoms with van der Waals surface area (Å²) in [5, 5.41) is 0.792. The summed E-state index contributed by atoms with van der Waals surface area (Å²) in [4.78, 5) is 6.69. The molecule has 0 N–H and O–H groups in total. The van der Waals surface area contributed by atoms with Crippen LogP contribution < -0.4 is 4.74 Å². The monoisotopic (exact) mass is 407 g/mol. The minimum absolute atomic E-state index is 0.257. The van der Waals surface area contributed by atoms with Crippen LogP contribution in [0.4, 0.5) is 0 Å². The van der Waals surface area contributed by atoms with Gasteiger partial charge in [0.15, 0.2) is 0 Å². The van der Waals surface area contributed by atoms with E-state index < -0.39 is 10.0 Å². The molecule has 0 bridgehead atoms. The average molecular weight is 408 g/mol. The van der Waals surface area contributed by atoms with Crippen LogP contribution in [0.1, 0.15) is 5.56 Å². The summed E-state index contributed by atoms with van der Waals surface area (Å²) >= 11 is 1.55. The van der Waals surface area contributed by atoms with Crippen molar-refractivity contribution >= 4 is 21.8 Å². The Labute approximate surface area is 165 Å². The molecule has 1 aromatic carbocycles. The number of piperazine rings is 1. The number of hydrogen-bond donors (Lipinski definition) is 0. The van der Waals surface area contributed by atoms with Crippen molar-refractivity contribution in [1.29, 1.82) is 0 Å². The Morgan fingerprint density at radius 1 is 1.07 bits per heavy atom. The first-order chi connectivity index (χ1) is 12.9. The number of likely N-dealkylation sites (N-methyl/N-ethyl adjacent to an activating group) is 1. The van der Waals surface area contributed by atoms with Crippen molar-refractivity contribution in [3.05, 3.63) is 48.2 Å². The number of benzene rings is 1. The number of hydrogen-bond acceptors (Lipinski definition) is 6. The summed E-state index contributed by atoms with van der Waals surface area (Å²) in [5.74, 6) is 1.59. The molecule has 1 saturated heterocycles. The zero-order valence-corrected chi connectivity index (χ0v) is 17.3. The van der Waals surface area contributed by atoms with Crippen LogP contribution in [0.5, 0.6) is 5.75 Å². The van der Waals surface area contributed by atoms with Crippen LogP contribution in [0.15, 0.2) is 52.5 Å². The Morgan fingerprint density at radius 2 is 1.78 bits per heavy atom. The fraction of sp³-hybridized carbons (Fsp3) is 0.421. The van der Waals surface area contributed by atoms with Crippen molar-refractivity contribution in [2.45, 2.75) is 16.8 Å². The second-order valence-corrected chi connectivity index (χ2v) is 9.60. The fourth-order valence-electron chi connectivity index (χ4n) is 2.72. The van der Waals surface area contributed by atoms with E-state index in [0.29, 0.717) is 19.7 Å². The summed E-state index contributed by atoms with van der Waals surface area (Å²) < 4.78 is 32.6. The highest BCUT2D eigenvalue weighted by molar-refractivity contribution is 7.99. The maximum atomic E-state index is 12.7. The van der Waals surface area contributed by atoms with E-state index in [-0.39, 0.29) is 4.90 Å². The summed E-state index contributed by atoms with van der Waals surface area (Å²) in [5.41, 5.74) is 1.20. The second kappa shape index (κ2) is 9.05. The zero-order chi connectivity index (χ0) is 19.3. The molecular formula is C19H25N3O3S2. The molecule has 0 unspecified atom stereocenters. The van der Waals surface area contributed by atoms with Crippen LogP contribution in [-0.4, -0.2) is 68.2 Å². The SMILES string of the molecule is Cc1ccc(OCCSc2ccc(S(=O)(=O)N3CCN(C)CC3)cn2)cc1. The lowest BCUT2D eigenvalue weighted by Gasteiger charge is -2.31. The number of thioether (sulfide) groups is 1. The van der Waals surface area contributed by atoms with Gasteiger partial charge < -0.3 is 9.64 Å². The number of aryl methyl sites for hydroxylation is 1. The number of nitrogens with zero attached hydrogens (tertiary/aromatic N) is 3. The molecule has 27 heavy (non-hydrogen) atoms. The molecule has 1 aliphatic heterocycles. The normalized spacial score (nSPS) is 16.4. The van der Waals surface area contributed by atoms with Crippen LogP contribution in [0.3, 0.4) is 0 Å². The smallest absolute Gasteiger partial charge is 0.244 e. The van der Waals surface area contributed by atoms with E-state index in [9.17, 15) is 8.42 Å². The molecule has 2 aromatic rings. The highest BCUT2D eigenvalue weighted by atomic mass is 32.2. The Bertz CT molecular complexity index is 832. The molecule has 0 aliphatic carbocycles. The standard InChI is InChI=1S/C19H25N3O3S2/c1-16-3-5-17(6-4-16)25-13-14-26-19-8-7-18(15-20-19)27(23,24)22-11-9-21(2)10-12-22/h3-8,15H,9-14H2,1-2H3. The van der Waals surface area contributed by atoms with Crippen LogP contribution >= 0.6 is 11.8 Å². The number of pyridine rings is 1. The van der Waals surface area contributed by atoms with Gasteiger partial charge in [-0.3, -0.25) is 0 Å². The summed E-state index contributed by atoms with van der Waals surface area (Å²) in [7, 11) is -1.46. The van der Waals surface area contributed by atoms with E-state index in [4.69, 9.17) is 4.74 Å². The molecule has 146 valence electrons. The van der Waals surface area contributed by atoms with Crippen molar-refractivity contribution in [2.24, 2.45) is 0 Å². The fourth-order valence-corrected chi connectivity index (χ4v) is 4.76. The highest BCUT2D eigenvalue weighted by Crippen LogP contribution is 2.21. The lowest BCUT2D eigenvalue weighted by Crippen LogP contribution is -2.47. The molecule has 3 rings (SSSR count). The van der Waals surface area contributed by atoms with Gasteiger partial charge in [-0.05, 0) is 38.2 Å². The molecule has 0 radical (unpaired) electrons. The average Bonchev–Trinajstić information content (AvgIpc) is 2.67. The Kier molecular flexibility index (Phi) is 6.75.